The normalized spacial score (nSPS) is 35.1. The molecule has 12 rings (SSSR count). The molecule has 6 fully saturated rings. The molecule has 0 spiro atoms. The van der Waals surface area contributed by atoms with Crippen molar-refractivity contribution in [3.63, 3.8) is 0 Å². The minimum absolute atomic E-state index is 0.222. The van der Waals surface area contributed by atoms with Gasteiger partial charge in [0.25, 0.3) is 0 Å². The third-order valence-electron chi connectivity index (χ3n) is 17.6. The van der Waals surface area contributed by atoms with E-state index < -0.39 is 0 Å². The predicted molar refractivity (Wildman–Crippen MR) is 251 cm³/mol. The van der Waals surface area contributed by atoms with Crippen LogP contribution >= 0.6 is 0 Å². The van der Waals surface area contributed by atoms with Crippen LogP contribution in [0.2, 0.25) is 0 Å². The molecule has 3 N–H and O–H groups in total. The third-order valence-corrected chi connectivity index (χ3v) is 17.6. The summed E-state index contributed by atoms with van der Waals surface area (Å²) in [4.78, 5) is 3.19. The topological polar surface area (TPSA) is 39.3 Å². The second-order valence-electron chi connectivity index (χ2n) is 21.1. The summed E-state index contributed by atoms with van der Waals surface area (Å²) < 4.78 is 0. The molecule has 0 saturated carbocycles. The highest BCUT2D eigenvalue weighted by Gasteiger charge is 2.72. The van der Waals surface area contributed by atoms with E-state index in [-0.39, 0.29) is 10.8 Å². The first kappa shape index (κ1) is 38.1. The number of rotatable bonds is 6. The monoisotopic (exact) mass is 802 g/mol. The van der Waals surface area contributed by atoms with Gasteiger partial charge in [-0.1, -0.05) is 161 Å². The summed E-state index contributed by atoms with van der Waals surface area (Å²) in [5, 5.41) is 13.1. The van der Waals surface area contributed by atoms with Gasteiger partial charge in [0.2, 0.25) is 0 Å². The van der Waals surface area contributed by atoms with Gasteiger partial charge in [-0.15, -0.1) is 0 Å². The number of hydrogen-bond donors (Lipinski definition) is 3. The lowest BCUT2D eigenvalue weighted by Crippen LogP contribution is -2.77. The minimum atomic E-state index is 0.222. The average Bonchev–Trinajstić information content (AvgIpc) is 3.65. The highest BCUT2D eigenvalue weighted by molar-refractivity contribution is 5.73. The van der Waals surface area contributed by atoms with Gasteiger partial charge in [-0.2, -0.15) is 0 Å². The number of allylic oxidation sites excluding steroid dienone is 4. The zero-order valence-corrected chi connectivity index (χ0v) is 36.3. The van der Waals surface area contributed by atoms with Crippen LogP contribution in [0.4, 0.5) is 0 Å². The maximum absolute atomic E-state index is 4.50. The molecule has 310 valence electrons. The van der Waals surface area contributed by atoms with Gasteiger partial charge in [0.05, 0.1) is 0 Å². The van der Waals surface area contributed by atoms with Crippen molar-refractivity contribution < 1.29 is 0 Å². The quantitative estimate of drug-likeness (QED) is 0.160. The first-order valence-electron chi connectivity index (χ1n) is 23.5. The molecule has 0 aromatic heterocycles. The Balaban J connectivity index is 0.910. The first-order valence-corrected chi connectivity index (χ1v) is 23.5. The van der Waals surface area contributed by atoms with E-state index in [1.54, 1.807) is 0 Å². The number of hydrogen-bond acceptors (Lipinski definition) is 4. The molecule has 7 aliphatic rings. The van der Waals surface area contributed by atoms with Gasteiger partial charge >= 0.3 is 0 Å². The molecule has 5 aromatic carbocycles. The molecule has 12 unspecified atom stereocenters. The fourth-order valence-corrected chi connectivity index (χ4v) is 14.5. The minimum Gasteiger partial charge on any atom is -0.316 e. The summed E-state index contributed by atoms with van der Waals surface area (Å²) in [6.07, 6.45) is 12.5. The number of nitrogens with one attached hydrogen (secondary N) is 3. The number of fused-ring (bicyclic) bond motifs is 1. The third kappa shape index (κ3) is 6.07. The molecule has 1 aliphatic carbocycles. The van der Waals surface area contributed by atoms with Gasteiger partial charge in [-0.25, -0.2) is 0 Å². The SMILES string of the molecule is CC1(C)C2CC(c3cccc(-c4cccc(-c5ccccc5)c4)c3)NC3C4NC(c5cccc(-c6cccc(C7C=CC=CC7)c6)c5)CC5C4N(C32)C2C1CNCC2C5(C)C. The Morgan fingerprint density at radius 2 is 0.951 bits per heavy atom. The Labute approximate surface area is 364 Å². The van der Waals surface area contributed by atoms with Gasteiger partial charge in [0, 0.05) is 48.2 Å². The Hall–Kier alpha value is -4.58. The van der Waals surface area contributed by atoms with E-state index in [0.717, 1.165) is 19.5 Å². The van der Waals surface area contributed by atoms with Gasteiger partial charge in [0.1, 0.15) is 0 Å². The van der Waals surface area contributed by atoms with Crippen LogP contribution in [0.15, 0.2) is 152 Å². The van der Waals surface area contributed by atoms with Crippen molar-refractivity contribution >= 4 is 0 Å². The van der Waals surface area contributed by atoms with E-state index in [0.29, 0.717) is 71.9 Å². The lowest BCUT2D eigenvalue weighted by atomic mass is 9.49. The summed E-state index contributed by atoms with van der Waals surface area (Å²) >= 11 is 0. The molecule has 61 heavy (non-hydrogen) atoms. The summed E-state index contributed by atoms with van der Waals surface area (Å²) in [6.45, 7) is 12.9. The van der Waals surface area contributed by atoms with Crippen molar-refractivity contribution in [2.75, 3.05) is 13.1 Å². The van der Waals surface area contributed by atoms with Gasteiger partial charge in [-0.3, -0.25) is 4.90 Å². The highest BCUT2D eigenvalue weighted by atomic mass is 15.4. The smallest absolute Gasteiger partial charge is 0.0401 e. The Bertz CT molecular complexity index is 2520. The van der Waals surface area contributed by atoms with E-state index in [9.17, 15) is 0 Å². The summed E-state index contributed by atoms with van der Waals surface area (Å²) in [5.41, 5.74) is 12.5. The maximum Gasteiger partial charge on any atom is 0.0401 e. The molecule has 6 aliphatic heterocycles. The Morgan fingerprint density at radius 3 is 1.49 bits per heavy atom. The molecular formula is C57H62N4. The standard InChI is InChI=1S/C57H62N4/c1-56(2)45-31-49(43-25-13-23-41(29-43)39-21-11-19-37(27-39)35-15-7-5-8-16-35)59-51-52-55-46(57(3,4)48-34-58-33-47(56)53(48)61(55)54(45)51)32-50(60-52)44-26-14-24-42(30-44)40-22-12-20-38(28-40)36-17-9-6-10-18-36/h5-17,19-30,36,45-55,58-60H,18,31-34H2,1-4H3. The lowest BCUT2D eigenvalue weighted by Gasteiger charge is -2.69. The Morgan fingerprint density at radius 1 is 0.475 bits per heavy atom. The molecular weight excluding hydrogens is 741 g/mol. The van der Waals surface area contributed by atoms with Crippen molar-refractivity contribution in [3.05, 3.63) is 168 Å². The fraction of sp³-hybridized carbons (Fsp3) is 0.404. The van der Waals surface area contributed by atoms with Crippen molar-refractivity contribution in [2.45, 2.75) is 95.2 Å². The van der Waals surface area contributed by atoms with Gasteiger partial charge < -0.3 is 16.0 Å². The molecule has 0 radical (unpaired) electrons. The van der Waals surface area contributed by atoms with Crippen LogP contribution in [0, 0.1) is 34.5 Å². The average molecular weight is 803 g/mol. The van der Waals surface area contributed by atoms with Crippen LogP contribution in [0.5, 0.6) is 0 Å². The van der Waals surface area contributed by atoms with Gasteiger partial charge in [-0.05, 0) is 135 Å². The summed E-state index contributed by atoms with van der Waals surface area (Å²) in [6, 6.07) is 51.4. The van der Waals surface area contributed by atoms with Crippen molar-refractivity contribution in [1.29, 1.82) is 0 Å². The van der Waals surface area contributed by atoms with E-state index in [1.807, 2.05) is 0 Å². The predicted octanol–water partition coefficient (Wildman–Crippen LogP) is 11.4. The van der Waals surface area contributed by atoms with Crippen LogP contribution in [0.3, 0.4) is 0 Å². The van der Waals surface area contributed by atoms with E-state index in [4.69, 9.17) is 0 Å². The van der Waals surface area contributed by atoms with Crippen LogP contribution in [-0.4, -0.2) is 48.2 Å². The number of nitrogens with zero attached hydrogens (tertiary/aromatic N) is 1. The van der Waals surface area contributed by atoms with Crippen LogP contribution in [-0.2, 0) is 0 Å². The van der Waals surface area contributed by atoms with Gasteiger partial charge in [0.15, 0.2) is 0 Å². The molecule has 5 aromatic rings. The maximum atomic E-state index is 4.50. The van der Waals surface area contributed by atoms with Crippen molar-refractivity contribution in [1.82, 2.24) is 20.9 Å². The molecule has 6 heterocycles. The molecule has 6 saturated heterocycles. The van der Waals surface area contributed by atoms with Crippen molar-refractivity contribution in [2.24, 2.45) is 34.5 Å². The van der Waals surface area contributed by atoms with Crippen LogP contribution in [0.25, 0.3) is 33.4 Å². The zero-order chi connectivity index (χ0) is 41.0. The molecule has 0 amide bonds. The fourth-order valence-electron chi connectivity index (χ4n) is 14.5. The summed E-state index contributed by atoms with van der Waals surface area (Å²) in [7, 11) is 0. The van der Waals surface area contributed by atoms with E-state index in [1.165, 1.54) is 62.9 Å². The first-order chi connectivity index (χ1) is 29.7. The van der Waals surface area contributed by atoms with E-state index in [2.05, 4.69) is 200 Å². The number of benzene rings is 5. The largest absolute Gasteiger partial charge is 0.316 e. The second-order valence-corrected chi connectivity index (χ2v) is 21.1. The van der Waals surface area contributed by atoms with Crippen molar-refractivity contribution in [3.8, 4) is 33.4 Å². The number of piperidine rings is 5. The highest BCUT2D eigenvalue weighted by Crippen LogP contribution is 2.65. The van der Waals surface area contributed by atoms with Crippen LogP contribution in [0.1, 0.15) is 81.6 Å². The lowest BCUT2D eigenvalue weighted by molar-refractivity contribution is -0.200. The molecule has 4 heteroatoms. The zero-order valence-electron chi connectivity index (χ0n) is 36.3. The Kier molecular flexibility index (Phi) is 9.06. The van der Waals surface area contributed by atoms with E-state index >= 15 is 0 Å². The molecule has 4 nitrogen and oxygen atoms in total. The van der Waals surface area contributed by atoms with Crippen LogP contribution < -0.4 is 16.0 Å². The summed E-state index contributed by atoms with van der Waals surface area (Å²) in [5.74, 6) is 2.95. The molecule has 0 bridgehead atoms. The molecule has 12 atom stereocenters. The second kappa shape index (κ2) is 14.5.